The number of ether oxygens (including phenoxy) is 1. The molecule has 1 atom stereocenters. The number of nitrogens with two attached hydrogens (primary N) is 1. The van der Waals surface area contributed by atoms with Crippen molar-refractivity contribution >= 4 is 6.02 Å². The summed E-state index contributed by atoms with van der Waals surface area (Å²) in [6.07, 6.45) is 0.0144. The number of hydrogen-bond acceptors (Lipinski definition) is 3. The molecule has 1 aromatic carbocycles. The summed E-state index contributed by atoms with van der Waals surface area (Å²) in [6, 6.07) is 8.52. The zero-order valence-corrected chi connectivity index (χ0v) is 7.53. The normalized spacial score (nSPS) is 21.0. The molecule has 68 valence electrons. The van der Waals surface area contributed by atoms with E-state index in [1.807, 2.05) is 12.1 Å². The lowest BCUT2D eigenvalue weighted by atomic mass is 10.1. The molecule has 0 unspecified atom stereocenters. The van der Waals surface area contributed by atoms with E-state index in [1.54, 1.807) is 0 Å². The van der Waals surface area contributed by atoms with E-state index in [2.05, 4.69) is 24.0 Å². The lowest BCUT2D eigenvalue weighted by molar-refractivity contribution is 0.226. The molecule has 1 aromatic rings. The maximum atomic E-state index is 5.42. The monoisotopic (exact) mass is 176 g/mol. The molecule has 0 aliphatic carbocycles. The zero-order chi connectivity index (χ0) is 9.26. The Balaban J connectivity index is 2.14. The van der Waals surface area contributed by atoms with Gasteiger partial charge in [-0.25, -0.2) is 4.99 Å². The fourth-order valence-electron chi connectivity index (χ4n) is 1.35. The smallest absolute Gasteiger partial charge is 0.282 e. The summed E-state index contributed by atoms with van der Waals surface area (Å²) in [6.45, 7) is 2.69. The van der Waals surface area contributed by atoms with E-state index in [9.17, 15) is 0 Å². The molecule has 0 bridgehead atoms. The summed E-state index contributed by atoms with van der Waals surface area (Å²) < 4.78 is 5.31. The van der Waals surface area contributed by atoms with Crippen LogP contribution < -0.4 is 5.73 Å². The minimum absolute atomic E-state index is 0.0144. The standard InChI is InChI=1S/C10H12N2O/c1-7-2-4-8(5-3-7)9-6-12-10(11)13-9/h2-5,9H,6H2,1H3,(H2,11,12)/t9-/m1/s1. The average Bonchev–Trinajstić information content (AvgIpc) is 2.53. The Bertz CT molecular complexity index is 329. The van der Waals surface area contributed by atoms with Crippen LogP contribution in [0.15, 0.2) is 29.3 Å². The first-order valence-corrected chi connectivity index (χ1v) is 4.29. The Labute approximate surface area is 77.2 Å². The van der Waals surface area contributed by atoms with E-state index in [1.165, 1.54) is 5.56 Å². The second-order valence-corrected chi connectivity index (χ2v) is 3.20. The molecule has 2 N–H and O–H groups in total. The number of aliphatic imine (C=N–C) groups is 1. The van der Waals surface area contributed by atoms with Crippen LogP contribution in [-0.2, 0) is 4.74 Å². The molecule has 0 fully saturated rings. The molecule has 1 aliphatic rings. The van der Waals surface area contributed by atoms with Gasteiger partial charge in [0.2, 0.25) is 0 Å². The molecular weight excluding hydrogens is 164 g/mol. The fourth-order valence-corrected chi connectivity index (χ4v) is 1.35. The van der Waals surface area contributed by atoms with Gasteiger partial charge in [0.15, 0.2) is 0 Å². The van der Waals surface area contributed by atoms with E-state index in [0.29, 0.717) is 12.6 Å². The highest BCUT2D eigenvalue weighted by molar-refractivity contribution is 5.73. The maximum Gasteiger partial charge on any atom is 0.282 e. The van der Waals surface area contributed by atoms with Crippen molar-refractivity contribution in [2.45, 2.75) is 13.0 Å². The number of hydrogen-bond donors (Lipinski definition) is 1. The predicted octanol–water partition coefficient (Wildman–Crippen LogP) is 1.38. The quantitative estimate of drug-likeness (QED) is 0.702. The SMILES string of the molecule is Cc1ccc([C@H]2CN=C(N)O2)cc1. The highest BCUT2D eigenvalue weighted by Gasteiger charge is 2.18. The summed E-state index contributed by atoms with van der Waals surface area (Å²) >= 11 is 0. The predicted molar refractivity (Wildman–Crippen MR) is 51.5 cm³/mol. The van der Waals surface area contributed by atoms with Gasteiger partial charge >= 0.3 is 0 Å². The number of aryl methyl sites for hydroxylation is 1. The van der Waals surface area contributed by atoms with Crippen molar-refractivity contribution in [1.82, 2.24) is 0 Å². The van der Waals surface area contributed by atoms with Gasteiger partial charge in [0.1, 0.15) is 6.10 Å². The minimum atomic E-state index is 0.0144. The number of rotatable bonds is 1. The molecule has 2 rings (SSSR count). The largest absolute Gasteiger partial charge is 0.455 e. The average molecular weight is 176 g/mol. The third-order valence-electron chi connectivity index (χ3n) is 2.13. The minimum Gasteiger partial charge on any atom is -0.455 e. The zero-order valence-electron chi connectivity index (χ0n) is 7.53. The topological polar surface area (TPSA) is 47.6 Å². The van der Waals surface area contributed by atoms with Gasteiger partial charge in [-0.15, -0.1) is 0 Å². The van der Waals surface area contributed by atoms with Crippen LogP contribution in [0.3, 0.4) is 0 Å². The van der Waals surface area contributed by atoms with Crippen LogP contribution in [0.5, 0.6) is 0 Å². The Morgan fingerprint density at radius 1 is 1.38 bits per heavy atom. The van der Waals surface area contributed by atoms with Crippen LogP contribution in [0, 0.1) is 6.92 Å². The molecule has 1 aliphatic heterocycles. The van der Waals surface area contributed by atoms with Crippen molar-refractivity contribution in [1.29, 1.82) is 0 Å². The van der Waals surface area contributed by atoms with E-state index in [0.717, 1.165) is 5.56 Å². The highest BCUT2D eigenvalue weighted by atomic mass is 16.5. The van der Waals surface area contributed by atoms with Gasteiger partial charge in [-0.2, -0.15) is 0 Å². The van der Waals surface area contributed by atoms with Gasteiger partial charge in [0.25, 0.3) is 6.02 Å². The summed E-state index contributed by atoms with van der Waals surface area (Å²) in [5.74, 6) is 0. The second-order valence-electron chi connectivity index (χ2n) is 3.20. The lowest BCUT2D eigenvalue weighted by Gasteiger charge is -2.09. The first-order chi connectivity index (χ1) is 6.25. The van der Waals surface area contributed by atoms with Gasteiger partial charge in [0.05, 0.1) is 6.54 Å². The summed E-state index contributed by atoms with van der Waals surface area (Å²) in [5, 5.41) is 0. The van der Waals surface area contributed by atoms with Crippen LogP contribution in [0.2, 0.25) is 0 Å². The molecule has 0 amide bonds. The molecule has 0 spiro atoms. The Hall–Kier alpha value is -1.51. The summed E-state index contributed by atoms with van der Waals surface area (Å²) in [7, 11) is 0. The lowest BCUT2D eigenvalue weighted by Crippen LogP contribution is -2.12. The highest BCUT2D eigenvalue weighted by Crippen LogP contribution is 2.21. The molecule has 1 heterocycles. The molecule has 0 saturated heterocycles. The van der Waals surface area contributed by atoms with Crippen molar-refractivity contribution in [3.05, 3.63) is 35.4 Å². The molecular formula is C10H12N2O. The van der Waals surface area contributed by atoms with Crippen LogP contribution in [-0.4, -0.2) is 12.6 Å². The molecule has 3 heteroatoms. The third-order valence-corrected chi connectivity index (χ3v) is 2.13. The van der Waals surface area contributed by atoms with Crippen LogP contribution >= 0.6 is 0 Å². The van der Waals surface area contributed by atoms with Gasteiger partial charge in [-0.1, -0.05) is 29.8 Å². The van der Waals surface area contributed by atoms with Crippen LogP contribution in [0.25, 0.3) is 0 Å². The van der Waals surface area contributed by atoms with Crippen molar-refractivity contribution in [2.75, 3.05) is 6.54 Å². The Kier molecular flexibility index (Phi) is 1.93. The van der Waals surface area contributed by atoms with Crippen LogP contribution in [0.1, 0.15) is 17.2 Å². The van der Waals surface area contributed by atoms with E-state index in [-0.39, 0.29) is 6.10 Å². The fraction of sp³-hybridized carbons (Fsp3) is 0.300. The Morgan fingerprint density at radius 2 is 2.08 bits per heavy atom. The van der Waals surface area contributed by atoms with Crippen molar-refractivity contribution in [2.24, 2.45) is 10.7 Å². The first kappa shape index (κ1) is 8.10. The number of nitrogens with zero attached hydrogens (tertiary/aromatic N) is 1. The third kappa shape index (κ3) is 1.64. The molecule has 0 aromatic heterocycles. The van der Waals surface area contributed by atoms with Crippen molar-refractivity contribution < 1.29 is 4.74 Å². The van der Waals surface area contributed by atoms with Crippen molar-refractivity contribution in [3.8, 4) is 0 Å². The number of benzene rings is 1. The maximum absolute atomic E-state index is 5.42. The van der Waals surface area contributed by atoms with Gasteiger partial charge in [0, 0.05) is 0 Å². The number of amidine groups is 1. The molecule has 0 radical (unpaired) electrons. The van der Waals surface area contributed by atoms with Gasteiger partial charge in [-0.05, 0) is 12.5 Å². The van der Waals surface area contributed by atoms with Gasteiger partial charge < -0.3 is 10.5 Å². The van der Waals surface area contributed by atoms with E-state index < -0.39 is 0 Å². The molecule has 13 heavy (non-hydrogen) atoms. The second kappa shape index (κ2) is 3.09. The summed E-state index contributed by atoms with van der Waals surface area (Å²) in [5.41, 5.74) is 7.80. The first-order valence-electron chi connectivity index (χ1n) is 4.29. The van der Waals surface area contributed by atoms with E-state index in [4.69, 9.17) is 10.5 Å². The summed E-state index contributed by atoms with van der Waals surface area (Å²) in [4.78, 5) is 3.99. The van der Waals surface area contributed by atoms with Crippen LogP contribution in [0.4, 0.5) is 0 Å². The van der Waals surface area contributed by atoms with Crippen molar-refractivity contribution in [3.63, 3.8) is 0 Å². The van der Waals surface area contributed by atoms with Gasteiger partial charge in [-0.3, -0.25) is 0 Å². The Morgan fingerprint density at radius 3 is 2.62 bits per heavy atom. The molecule has 0 saturated carbocycles. The van der Waals surface area contributed by atoms with E-state index >= 15 is 0 Å². The molecule has 3 nitrogen and oxygen atoms in total.